The Morgan fingerprint density at radius 1 is 1.14 bits per heavy atom. The number of rotatable bonds is 4. The third-order valence-corrected chi connectivity index (χ3v) is 4.22. The summed E-state index contributed by atoms with van der Waals surface area (Å²) in [6.45, 7) is -0.00302. The molecule has 2 nitrogen and oxygen atoms in total. The Labute approximate surface area is 121 Å². The topological polar surface area (TPSA) is 46.2 Å². The van der Waals surface area contributed by atoms with Crippen molar-refractivity contribution in [1.82, 2.24) is 0 Å². The molecule has 0 heterocycles. The second kappa shape index (κ2) is 6.32. The molecule has 0 bridgehead atoms. The molecule has 1 aliphatic carbocycles. The highest BCUT2D eigenvalue weighted by molar-refractivity contribution is 5.23. The van der Waals surface area contributed by atoms with E-state index < -0.39 is 29.6 Å². The molecule has 1 fully saturated rings. The normalized spacial score (nSPS) is 22.0. The van der Waals surface area contributed by atoms with Gasteiger partial charge < -0.3 is 10.8 Å². The molecule has 1 aromatic rings. The molecule has 1 aliphatic rings. The van der Waals surface area contributed by atoms with Gasteiger partial charge in [0.25, 0.3) is 0 Å². The van der Waals surface area contributed by atoms with Crippen LogP contribution in [0.3, 0.4) is 0 Å². The summed E-state index contributed by atoms with van der Waals surface area (Å²) in [5.41, 5.74) is 5.88. The zero-order valence-electron chi connectivity index (χ0n) is 11.5. The molecule has 6 heteroatoms. The first-order valence-electron chi connectivity index (χ1n) is 7.04. The van der Waals surface area contributed by atoms with Gasteiger partial charge in [-0.3, -0.25) is 0 Å². The number of hydrogen-bond donors (Lipinski definition) is 2. The van der Waals surface area contributed by atoms with Crippen LogP contribution in [-0.2, 0) is 0 Å². The third kappa shape index (κ3) is 3.95. The summed E-state index contributed by atoms with van der Waals surface area (Å²) < 4.78 is 52.8. The van der Waals surface area contributed by atoms with Crippen molar-refractivity contribution in [2.75, 3.05) is 6.54 Å². The van der Waals surface area contributed by atoms with Crippen molar-refractivity contribution >= 4 is 0 Å². The van der Waals surface area contributed by atoms with Crippen molar-refractivity contribution in [3.63, 3.8) is 0 Å². The smallest absolute Gasteiger partial charge is 0.248 e. The van der Waals surface area contributed by atoms with Crippen molar-refractivity contribution in [2.45, 2.75) is 43.6 Å². The molecule has 0 aromatic heterocycles. The highest BCUT2D eigenvalue weighted by Gasteiger charge is 2.39. The molecular formula is C15H19F4NO. The lowest BCUT2D eigenvalue weighted by Gasteiger charge is -2.34. The van der Waals surface area contributed by atoms with Crippen LogP contribution in [0.1, 0.15) is 37.2 Å². The van der Waals surface area contributed by atoms with Crippen molar-refractivity contribution in [3.8, 4) is 0 Å². The maximum Gasteiger partial charge on any atom is 0.248 e. The largest absolute Gasteiger partial charge is 0.392 e. The van der Waals surface area contributed by atoms with Gasteiger partial charge in [0, 0.05) is 31.4 Å². The minimum absolute atomic E-state index is 0.00302. The van der Waals surface area contributed by atoms with E-state index in [4.69, 9.17) is 5.73 Å². The third-order valence-electron chi connectivity index (χ3n) is 4.22. The predicted molar refractivity (Wildman–Crippen MR) is 71.1 cm³/mol. The fourth-order valence-electron chi connectivity index (χ4n) is 2.99. The molecule has 1 saturated carbocycles. The lowest BCUT2D eigenvalue weighted by atomic mass is 9.77. The Hall–Kier alpha value is -1.14. The second-order valence-corrected chi connectivity index (χ2v) is 5.73. The molecule has 2 unspecified atom stereocenters. The molecule has 0 radical (unpaired) electrons. The summed E-state index contributed by atoms with van der Waals surface area (Å²) in [5, 5.41) is 10.4. The van der Waals surface area contributed by atoms with E-state index in [0.29, 0.717) is 0 Å². The van der Waals surface area contributed by atoms with Gasteiger partial charge in [0.2, 0.25) is 5.92 Å². The highest BCUT2D eigenvalue weighted by Crippen LogP contribution is 2.40. The quantitative estimate of drug-likeness (QED) is 0.839. The van der Waals surface area contributed by atoms with Gasteiger partial charge in [0.05, 0.1) is 6.10 Å². The van der Waals surface area contributed by atoms with Gasteiger partial charge in [0.1, 0.15) is 11.6 Å². The Bertz CT molecular complexity index is 464. The van der Waals surface area contributed by atoms with Crippen molar-refractivity contribution in [3.05, 3.63) is 35.4 Å². The molecule has 1 aromatic carbocycles. The Kier molecular flexibility index (Phi) is 4.88. The molecule has 21 heavy (non-hydrogen) atoms. The molecular weight excluding hydrogens is 286 g/mol. The predicted octanol–water partition coefficient (Wildman–Crippen LogP) is 3.19. The molecule has 2 rings (SSSR count). The van der Waals surface area contributed by atoms with Gasteiger partial charge in [-0.1, -0.05) is 0 Å². The number of benzene rings is 1. The second-order valence-electron chi connectivity index (χ2n) is 5.73. The van der Waals surface area contributed by atoms with E-state index in [1.807, 2.05) is 0 Å². The van der Waals surface area contributed by atoms with Crippen LogP contribution in [0.15, 0.2) is 18.2 Å². The number of halogens is 4. The molecule has 118 valence electrons. The first-order valence-corrected chi connectivity index (χ1v) is 7.04. The molecule has 0 spiro atoms. The first-order chi connectivity index (χ1) is 9.82. The summed E-state index contributed by atoms with van der Waals surface area (Å²) in [6, 6.07) is 2.99. The minimum Gasteiger partial charge on any atom is -0.392 e. The average molecular weight is 305 g/mol. The van der Waals surface area contributed by atoms with Crippen LogP contribution < -0.4 is 5.73 Å². The Morgan fingerprint density at radius 3 is 2.14 bits per heavy atom. The Morgan fingerprint density at radius 2 is 1.67 bits per heavy atom. The van der Waals surface area contributed by atoms with Gasteiger partial charge in [-0.05, 0) is 36.5 Å². The first kappa shape index (κ1) is 16.2. The number of alkyl halides is 2. The van der Waals surface area contributed by atoms with Crippen molar-refractivity contribution < 1.29 is 22.7 Å². The van der Waals surface area contributed by atoms with Crippen LogP contribution in [0.4, 0.5) is 17.6 Å². The fraction of sp³-hybridized carbons (Fsp3) is 0.600. The van der Waals surface area contributed by atoms with E-state index in [1.165, 1.54) is 0 Å². The zero-order chi connectivity index (χ0) is 15.6. The van der Waals surface area contributed by atoms with E-state index in [0.717, 1.165) is 18.2 Å². The molecule has 2 atom stereocenters. The minimum atomic E-state index is -2.68. The van der Waals surface area contributed by atoms with Crippen LogP contribution >= 0.6 is 0 Å². The highest BCUT2D eigenvalue weighted by atomic mass is 19.3. The lowest BCUT2D eigenvalue weighted by molar-refractivity contribution is -0.0651. The van der Waals surface area contributed by atoms with Gasteiger partial charge in [-0.2, -0.15) is 0 Å². The van der Waals surface area contributed by atoms with Crippen LogP contribution in [0.5, 0.6) is 0 Å². The van der Waals surface area contributed by atoms with Gasteiger partial charge in [-0.25, -0.2) is 17.6 Å². The maximum atomic E-state index is 13.3. The van der Waals surface area contributed by atoms with Gasteiger partial charge in [-0.15, -0.1) is 0 Å². The molecule has 0 aliphatic heterocycles. The van der Waals surface area contributed by atoms with E-state index >= 15 is 0 Å². The van der Waals surface area contributed by atoms with Crippen LogP contribution in [0.25, 0.3) is 0 Å². The maximum absolute atomic E-state index is 13.3. The average Bonchev–Trinajstić information content (AvgIpc) is 2.38. The van der Waals surface area contributed by atoms with Crippen LogP contribution in [-0.4, -0.2) is 23.7 Å². The molecule has 3 N–H and O–H groups in total. The molecule has 0 amide bonds. The van der Waals surface area contributed by atoms with E-state index in [2.05, 4.69) is 0 Å². The monoisotopic (exact) mass is 305 g/mol. The van der Waals surface area contributed by atoms with Crippen molar-refractivity contribution in [2.24, 2.45) is 11.7 Å². The Balaban J connectivity index is 2.13. The van der Waals surface area contributed by atoms with Crippen LogP contribution in [0.2, 0.25) is 0 Å². The summed E-state index contributed by atoms with van der Waals surface area (Å²) in [6.07, 6.45) is -1.16. The number of aliphatic hydroxyl groups is 1. The summed E-state index contributed by atoms with van der Waals surface area (Å²) in [4.78, 5) is 0. The fourth-order valence-corrected chi connectivity index (χ4v) is 2.99. The van der Waals surface area contributed by atoms with Gasteiger partial charge >= 0.3 is 0 Å². The van der Waals surface area contributed by atoms with Crippen molar-refractivity contribution in [1.29, 1.82) is 0 Å². The SMILES string of the molecule is NCC(c1cc(F)cc(F)c1)C(O)C1CCC(F)(F)CC1. The van der Waals surface area contributed by atoms with E-state index in [-0.39, 0.29) is 43.7 Å². The molecule has 0 saturated heterocycles. The van der Waals surface area contributed by atoms with Crippen LogP contribution in [0, 0.1) is 17.6 Å². The lowest BCUT2D eigenvalue weighted by Crippen LogP contribution is -2.37. The number of hydrogen-bond acceptors (Lipinski definition) is 2. The zero-order valence-corrected chi connectivity index (χ0v) is 11.5. The van der Waals surface area contributed by atoms with Gasteiger partial charge in [0.15, 0.2) is 0 Å². The number of nitrogens with two attached hydrogens (primary N) is 1. The number of aliphatic hydroxyl groups excluding tert-OH is 1. The standard InChI is InChI=1S/C15H19F4NO/c16-11-5-10(6-12(17)7-11)13(8-20)14(21)9-1-3-15(18,19)4-2-9/h5-7,9,13-14,21H,1-4,8,20H2. The van der Waals surface area contributed by atoms with E-state index in [9.17, 15) is 22.7 Å². The van der Waals surface area contributed by atoms with E-state index in [1.54, 1.807) is 0 Å². The summed E-state index contributed by atoms with van der Waals surface area (Å²) in [7, 11) is 0. The summed E-state index contributed by atoms with van der Waals surface area (Å²) in [5.74, 6) is -5.16. The summed E-state index contributed by atoms with van der Waals surface area (Å²) >= 11 is 0.